The molecule has 102 valence electrons. The molecule has 0 saturated carbocycles. The molecule has 1 aromatic rings. The van der Waals surface area contributed by atoms with E-state index >= 15 is 0 Å². The topological polar surface area (TPSA) is 74.0 Å². The van der Waals surface area contributed by atoms with Gasteiger partial charge in [-0.2, -0.15) is 0 Å². The maximum Gasteiger partial charge on any atom is 0.248 e. The van der Waals surface area contributed by atoms with Crippen LogP contribution >= 0.6 is 0 Å². The van der Waals surface area contributed by atoms with Crippen LogP contribution in [-0.2, 0) is 9.59 Å². The van der Waals surface area contributed by atoms with Crippen molar-refractivity contribution >= 4 is 17.9 Å². The summed E-state index contributed by atoms with van der Waals surface area (Å²) in [5.74, 6) is 0.230. The molecule has 0 bridgehead atoms. The molecular formula is C13H16N2O4. The highest BCUT2D eigenvalue weighted by Gasteiger charge is 2.22. The van der Waals surface area contributed by atoms with Crippen molar-refractivity contribution in [2.75, 3.05) is 32.8 Å². The summed E-state index contributed by atoms with van der Waals surface area (Å²) in [4.78, 5) is 26.4. The molecule has 0 spiro atoms. The van der Waals surface area contributed by atoms with Gasteiger partial charge in [0.15, 0.2) is 0 Å². The Balaban J connectivity index is 1.84. The standard InChI is InChI=1S/C13H16N2O4/c16-10-13(18)15-7-5-14(6-8-15)12(17)4-3-11-2-1-9-19-11/h1-4,9,16H,5-8,10H2/b4-3+. The van der Waals surface area contributed by atoms with Gasteiger partial charge in [-0.3, -0.25) is 9.59 Å². The average molecular weight is 264 g/mol. The first-order valence-electron chi connectivity index (χ1n) is 6.10. The summed E-state index contributed by atoms with van der Waals surface area (Å²) >= 11 is 0. The van der Waals surface area contributed by atoms with E-state index in [4.69, 9.17) is 9.52 Å². The lowest BCUT2D eigenvalue weighted by Crippen LogP contribution is -2.50. The Morgan fingerprint density at radius 2 is 1.95 bits per heavy atom. The van der Waals surface area contributed by atoms with Crippen molar-refractivity contribution in [1.82, 2.24) is 9.80 Å². The van der Waals surface area contributed by atoms with Gasteiger partial charge in [0.1, 0.15) is 12.4 Å². The van der Waals surface area contributed by atoms with Crippen molar-refractivity contribution in [3.05, 3.63) is 30.2 Å². The number of carbonyl (C=O) groups excluding carboxylic acids is 2. The number of furan rings is 1. The molecule has 0 radical (unpaired) electrons. The van der Waals surface area contributed by atoms with E-state index in [-0.39, 0.29) is 11.8 Å². The van der Waals surface area contributed by atoms with Gasteiger partial charge in [0.2, 0.25) is 11.8 Å². The lowest BCUT2D eigenvalue weighted by atomic mass is 10.3. The summed E-state index contributed by atoms with van der Waals surface area (Å²) in [5, 5.41) is 8.76. The molecule has 1 fully saturated rings. The second-order valence-corrected chi connectivity index (χ2v) is 4.21. The first-order valence-corrected chi connectivity index (χ1v) is 6.10. The summed E-state index contributed by atoms with van der Waals surface area (Å²) in [6.07, 6.45) is 4.62. The van der Waals surface area contributed by atoms with E-state index < -0.39 is 6.61 Å². The molecule has 0 atom stereocenters. The monoisotopic (exact) mass is 264 g/mol. The van der Waals surface area contributed by atoms with Crippen LogP contribution in [0.3, 0.4) is 0 Å². The summed E-state index contributed by atoms with van der Waals surface area (Å²) in [7, 11) is 0. The van der Waals surface area contributed by atoms with E-state index in [1.165, 1.54) is 6.08 Å². The molecule has 2 rings (SSSR count). The summed E-state index contributed by atoms with van der Waals surface area (Å²) in [5.41, 5.74) is 0. The van der Waals surface area contributed by atoms with Crippen molar-refractivity contribution in [2.24, 2.45) is 0 Å². The van der Waals surface area contributed by atoms with Crippen LogP contribution in [0, 0.1) is 0 Å². The molecule has 0 unspecified atom stereocenters. The molecule has 0 aliphatic carbocycles. The predicted molar refractivity (Wildman–Crippen MR) is 68.0 cm³/mol. The highest BCUT2D eigenvalue weighted by molar-refractivity contribution is 5.91. The van der Waals surface area contributed by atoms with E-state index in [1.807, 2.05) is 0 Å². The Morgan fingerprint density at radius 3 is 2.53 bits per heavy atom. The number of amides is 2. The van der Waals surface area contributed by atoms with Crippen LogP contribution in [0.4, 0.5) is 0 Å². The van der Waals surface area contributed by atoms with Crippen molar-refractivity contribution in [3.8, 4) is 0 Å². The molecule has 0 aromatic carbocycles. The third-order valence-electron chi connectivity index (χ3n) is 3.01. The Kier molecular flexibility index (Phi) is 4.35. The maximum absolute atomic E-state index is 11.9. The maximum atomic E-state index is 11.9. The minimum atomic E-state index is -0.480. The molecule has 1 aliphatic rings. The molecule has 6 nitrogen and oxygen atoms in total. The Morgan fingerprint density at radius 1 is 1.26 bits per heavy atom. The zero-order chi connectivity index (χ0) is 13.7. The van der Waals surface area contributed by atoms with E-state index in [2.05, 4.69) is 0 Å². The third-order valence-corrected chi connectivity index (χ3v) is 3.01. The Labute approximate surface area is 110 Å². The van der Waals surface area contributed by atoms with E-state index in [9.17, 15) is 9.59 Å². The molecule has 19 heavy (non-hydrogen) atoms. The van der Waals surface area contributed by atoms with Gasteiger partial charge in [0.05, 0.1) is 6.26 Å². The smallest absolute Gasteiger partial charge is 0.248 e. The van der Waals surface area contributed by atoms with E-state index in [0.29, 0.717) is 31.9 Å². The normalized spacial score (nSPS) is 16.1. The van der Waals surface area contributed by atoms with Gasteiger partial charge in [-0.05, 0) is 18.2 Å². The van der Waals surface area contributed by atoms with Crippen molar-refractivity contribution in [3.63, 3.8) is 0 Å². The van der Waals surface area contributed by atoms with Crippen molar-refractivity contribution < 1.29 is 19.1 Å². The second-order valence-electron chi connectivity index (χ2n) is 4.21. The number of rotatable bonds is 3. The van der Waals surface area contributed by atoms with Crippen molar-refractivity contribution in [2.45, 2.75) is 0 Å². The summed E-state index contributed by atoms with van der Waals surface area (Å²) < 4.78 is 5.10. The van der Waals surface area contributed by atoms with Crippen LogP contribution < -0.4 is 0 Å². The quantitative estimate of drug-likeness (QED) is 0.777. The van der Waals surface area contributed by atoms with Crippen LogP contribution in [-0.4, -0.2) is 59.5 Å². The Hall–Kier alpha value is -2.08. The number of carbonyl (C=O) groups is 2. The van der Waals surface area contributed by atoms with Gasteiger partial charge < -0.3 is 19.3 Å². The minimum Gasteiger partial charge on any atom is -0.465 e. The van der Waals surface area contributed by atoms with Crippen molar-refractivity contribution in [1.29, 1.82) is 0 Å². The van der Waals surface area contributed by atoms with Crippen LogP contribution in [0.25, 0.3) is 6.08 Å². The molecule has 1 saturated heterocycles. The number of hydrogen-bond donors (Lipinski definition) is 1. The molecule has 6 heteroatoms. The van der Waals surface area contributed by atoms with Crippen LogP contribution in [0.5, 0.6) is 0 Å². The molecule has 1 N–H and O–H groups in total. The molecule has 2 heterocycles. The van der Waals surface area contributed by atoms with Gasteiger partial charge in [-0.25, -0.2) is 0 Å². The number of aliphatic hydroxyl groups excluding tert-OH is 1. The lowest BCUT2D eigenvalue weighted by molar-refractivity contribution is -0.139. The highest BCUT2D eigenvalue weighted by atomic mass is 16.3. The predicted octanol–water partition coefficient (Wildman–Crippen LogP) is -0.0441. The van der Waals surface area contributed by atoms with Gasteiger partial charge in [0, 0.05) is 32.3 Å². The fourth-order valence-electron chi connectivity index (χ4n) is 1.92. The first-order chi connectivity index (χ1) is 9.20. The minimum absolute atomic E-state index is 0.104. The Bertz CT molecular complexity index is 459. The number of nitrogens with zero attached hydrogens (tertiary/aromatic N) is 2. The zero-order valence-corrected chi connectivity index (χ0v) is 10.5. The molecule has 2 amide bonds. The lowest BCUT2D eigenvalue weighted by Gasteiger charge is -2.33. The van der Waals surface area contributed by atoms with Crippen LogP contribution in [0.2, 0.25) is 0 Å². The van der Waals surface area contributed by atoms with Crippen LogP contribution in [0.15, 0.2) is 28.9 Å². The third kappa shape index (κ3) is 3.45. The number of piperazine rings is 1. The molecular weight excluding hydrogens is 248 g/mol. The van der Waals surface area contributed by atoms with E-state index in [0.717, 1.165) is 0 Å². The molecule has 1 aromatic heterocycles. The number of aliphatic hydroxyl groups is 1. The first kappa shape index (κ1) is 13.4. The highest BCUT2D eigenvalue weighted by Crippen LogP contribution is 2.06. The SMILES string of the molecule is O=C(/C=C/c1ccco1)N1CCN(C(=O)CO)CC1. The zero-order valence-electron chi connectivity index (χ0n) is 10.5. The summed E-state index contributed by atoms with van der Waals surface area (Å²) in [6, 6.07) is 3.52. The van der Waals surface area contributed by atoms with Gasteiger partial charge >= 0.3 is 0 Å². The largest absolute Gasteiger partial charge is 0.465 e. The van der Waals surface area contributed by atoms with Crippen LogP contribution in [0.1, 0.15) is 5.76 Å². The fraction of sp³-hybridized carbons (Fsp3) is 0.385. The molecule has 1 aliphatic heterocycles. The van der Waals surface area contributed by atoms with Gasteiger partial charge in [0.25, 0.3) is 0 Å². The van der Waals surface area contributed by atoms with Gasteiger partial charge in [-0.15, -0.1) is 0 Å². The fourth-order valence-corrected chi connectivity index (χ4v) is 1.92. The second kappa shape index (κ2) is 6.19. The van der Waals surface area contributed by atoms with E-state index in [1.54, 1.807) is 34.3 Å². The average Bonchev–Trinajstić information content (AvgIpc) is 2.97. The summed E-state index contributed by atoms with van der Waals surface area (Å²) in [6.45, 7) is 1.39. The van der Waals surface area contributed by atoms with Gasteiger partial charge in [-0.1, -0.05) is 0 Å². The number of hydrogen-bond acceptors (Lipinski definition) is 4.